The number of morpholine rings is 1. The normalized spacial score (nSPS) is 14.9. The van der Waals surface area contributed by atoms with Gasteiger partial charge >= 0.3 is 0 Å². The van der Waals surface area contributed by atoms with Crippen LogP contribution in [0.2, 0.25) is 5.02 Å². The van der Waals surface area contributed by atoms with E-state index in [-0.39, 0.29) is 36.4 Å². The second-order valence-electron chi connectivity index (χ2n) is 6.64. The number of rotatable bonds is 8. The number of benzene rings is 1. The highest BCUT2D eigenvalue weighted by Gasteiger charge is 2.10. The summed E-state index contributed by atoms with van der Waals surface area (Å²) >= 11 is 6.03. The molecular weight excluding hydrogens is 493 g/mol. The molecule has 158 valence electrons. The Morgan fingerprint density at radius 1 is 1.25 bits per heavy atom. The SMILES string of the molecule is CN(C)C(=O)CN=C(NCCc1cccc(Cl)c1)NCCN1CCOCC1.I. The quantitative estimate of drug-likeness (QED) is 0.307. The van der Waals surface area contributed by atoms with Gasteiger partial charge < -0.3 is 20.3 Å². The molecule has 1 amide bonds. The first kappa shape index (κ1) is 24.9. The van der Waals surface area contributed by atoms with Gasteiger partial charge in [0.05, 0.1) is 13.2 Å². The zero-order valence-electron chi connectivity index (χ0n) is 16.6. The number of ether oxygens (including phenoxy) is 1. The van der Waals surface area contributed by atoms with Gasteiger partial charge in [0, 0.05) is 51.8 Å². The number of nitrogens with one attached hydrogen (secondary N) is 2. The number of likely N-dealkylation sites (N-methyl/N-ethyl adjacent to an activating group) is 1. The highest BCUT2D eigenvalue weighted by Crippen LogP contribution is 2.10. The molecule has 1 aromatic carbocycles. The third kappa shape index (κ3) is 9.90. The van der Waals surface area contributed by atoms with Crippen LogP contribution < -0.4 is 10.6 Å². The highest BCUT2D eigenvalue weighted by atomic mass is 127. The van der Waals surface area contributed by atoms with Crippen molar-refractivity contribution in [3.05, 3.63) is 34.9 Å². The van der Waals surface area contributed by atoms with E-state index >= 15 is 0 Å². The second-order valence-corrected chi connectivity index (χ2v) is 7.08. The zero-order valence-corrected chi connectivity index (χ0v) is 19.7. The van der Waals surface area contributed by atoms with Crippen molar-refractivity contribution < 1.29 is 9.53 Å². The fourth-order valence-corrected chi connectivity index (χ4v) is 2.85. The van der Waals surface area contributed by atoms with E-state index < -0.39 is 0 Å². The number of nitrogens with zero attached hydrogens (tertiary/aromatic N) is 3. The van der Waals surface area contributed by atoms with Crippen LogP contribution in [0.3, 0.4) is 0 Å². The number of aliphatic imine (C=N–C) groups is 1. The molecule has 0 aliphatic carbocycles. The molecule has 0 bridgehead atoms. The van der Waals surface area contributed by atoms with Crippen molar-refractivity contribution in [2.75, 3.05) is 66.6 Å². The van der Waals surface area contributed by atoms with Crippen LogP contribution in [0.25, 0.3) is 0 Å². The molecule has 7 nitrogen and oxygen atoms in total. The Kier molecular flexibility index (Phi) is 12.4. The Morgan fingerprint density at radius 3 is 2.64 bits per heavy atom. The molecule has 0 unspecified atom stereocenters. The summed E-state index contributed by atoms with van der Waals surface area (Å²) in [5.41, 5.74) is 1.16. The number of carbonyl (C=O) groups excluding carboxylic acids is 1. The molecule has 1 heterocycles. The van der Waals surface area contributed by atoms with Crippen molar-refractivity contribution in [2.45, 2.75) is 6.42 Å². The van der Waals surface area contributed by atoms with Crippen LogP contribution in [0.5, 0.6) is 0 Å². The van der Waals surface area contributed by atoms with Crippen molar-refractivity contribution >= 4 is 47.4 Å². The summed E-state index contributed by atoms with van der Waals surface area (Å²) < 4.78 is 5.37. The molecule has 1 aliphatic rings. The third-order valence-corrected chi connectivity index (χ3v) is 4.53. The van der Waals surface area contributed by atoms with E-state index in [1.807, 2.05) is 24.3 Å². The van der Waals surface area contributed by atoms with Crippen LogP contribution in [-0.4, -0.2) is 88.2 Å². The Morgan fingerprint density at radius 2 is 1.96 bits per heavy atom. The molecule has 1 saturated heterocycles. The summed E-state index contributed by atoms with van der Waals surface area (Å²) in [5.74, 6) is 0.625. The molecule has 2 rings (SSSR count). The smallest absolute Gasteiger partial charge is 0.243 e. The molecule has 0 radical (unpaired) electrons. The van der Waals surface area contributed by atoms with Crippen LogP contribution in [0.15, 0.2) is 29.3 Å². The van der Waals surface area contributed by atoms with Gasteiger partial charge in [0.25, 0.3) is 0 Å². The van der Waals surface area contributed by atoms with E-state index in [1.165, 1.54) is 0 Å². The van der Waals surface area contributed by atoms with Crippen molar-refractivity contribution in [2.24, 2.45) is 4.99 Å². The summed E-state index contributed by atoms with van der Waals surface area (Å²) in [6.45, 7) is 5.99. The van der Waals surface area contributed by atoms with E-state index in [1.54, 1.807) is 19.0 Å². The number of hydrogen-bond donors (Lipinski definition) is 2. The fraction of sp³-hybridized carbons (Fsp3) is 0.579. The summed E-state index contributed by atoms with van der Waals surface area (Å²) in [4.78, 5) is 20.1. The van der Waals surface area contributed by atoms with Crippen LogP contribution in [-0.2, 0) is 16.0 Å². The van der Waals surface area contributed by atoms with Gasteiger partial charge in [0.2, 0.25) is 5.91 Å². The number of carbonyl (C=O) groups is 1. The van der Waals surface area contributed by atoms with Crippen LogP contribution in [0.1, 0.15) is 5.56 Å². The molecule has 0 aromatic heterocycles. The Hall–Kier alpha value is -1.10. The van der Waals surface area contributed by atoms with Gasteiger partial charge in [-0.25, -0.2) is 4.99 Å². The molecule has 1 fully saturated rings. The van der Waals surface area contributed by atoms with Gasteiger partial charge in [0.1, 0.15) is 6.54 Å². The van der Waals surface area contributed by atoms with E-state index in [2.05, 4.69) is 20.5 Å². The van der Waals surface area contributed by atoms with E-state index in [4.69, 9.17) is 16.3 Å². The minimum absolute atomic E-state index is 0. The minimum Gasteiger partial charge on any atom is -0.379 e. The van der Waals surface area contributed by atoms with E-state index in [0.29, 0.717) is 12.5 Å². The first-order valence-electron chi connectivity index (χ1n) is 9.31. The molecule has 1 aromatic rings. The average molecular weight is 524 g/mol. The lowest BCUT2D eigenvalue weighted by molar-refractivity contribution is -0.127. The molecule has 0 saturated carbocycles. The van der Waals surface area contributed by atoms with Crippen molar-refractivity contribution in [3.63, 3.8) is 0 Å². The van der Waals surface area contributed by atoms with Crippen molar-refractivity contribution in [3.8, 4) is 0 Å². The van der Waals surface area contributed by atoms with Crippen molar-refractivity contribution in [1.82, 2.24) is 20.4 Å². The number of guanidine groups is 1. The van der Waals surface area contributed by atoms with Gasteiger partial charge in [-0.1, -0.05) is 23.7 Å². The predicted octanol–water partition coefficient (Wildman–Crippen LogP) is 1.46. The molecule has 0 spiro atoms. The second kappa shape index (κ2) is 14.0. The molecule has 2 N–H and O–H groups in total. The number of amides is 1. The van der Waals surface area contributed by atoms with Gasteiger partial charge in [-0.05, 0) is 24.1 Å². The monoisotopic (exact) mass is 523 g/mol. The highest BCUT2D eigenvalue weighted by molar-refractivity contribution is 14.0. The average Bonchev–Trinajstić information content (AvgIpc) is 2.66. The fourth-order valence-electron chi connectivity index (χ4n) is 2.64. The number of halogens is 2. The minimum atomic E-state index is -0.0286. The van der Waals surface area contributed by atoms with Gasteiger partial charge in [0.15, 0.2) is 5.96 Å². The van der Waals surface area contributed by atoms with Gasteiger partial charge in [-0.15, -0.1) is 24.0 Å². The zero-order chi connectivity index (χ0) is 19.5. The summed E-state index contributed by atoms with van der Waals surface area (Å²) in [6.07, 6.45) is 0.826. The van der Waals surface area contributed by atoms with Gasteiger partial charge in [-0.3, -0.25) is 9.69 Å². The van der Waals surface area contributed by atoms with Crippen LogP contribution in [0.4, 0.5) is 0 Å². The van der Waals surface area contributed by atoms with E-state index in [0.717, 1.165) is 56.4 Å². The molecule has 9 heteroatoms. The first-order valence-corrected chi connectivity index (χ1v) is 9.69. The summed E-state index contributed by atoms with van der Waals surface area (Å²) in [5, 5.41) is 7.36. The summed E-state index contributed by atoms with van der Waals surface area (Å²) in [6, 6.07) is 7.82. The maximum absolute atomic E-state index is 11.8. The van der Waals surface area contributed by atoms with Crippen LogP contribution in [0, 0.1) is 0 Å². The lowest BCUT2D eigenvalue weighted by atomic mass is 10.1. The topological polar surface area (TPSA) is 69.2 Å². The Bertz CT molecular complexity index is 624. The largest absolute Gasteiger partial charge is 0.379 e. The third-order valence-electron chi connectivity index (χ3n) is 4.29. The van der Waals surface area contributed by atoms with Crippen LogP contribution >= 0.6 is 35.6 Å². The molecule has 28 heavy (non-hydrogen) atoms. The Balaban J connectivity index is 0.00000392. The molecule has 1 aliphatic heterocycles. The lowest BCUT2D eigenvalue weighted by Gasteiger charge is -2.26. The summed E-state index contributed by atoms with van der Waals surface area (Å²) in [7, 11) is 3.46. The molecular formula is C19H31ClIN5O2. The number of hydrogen-bond acceptors (Lipinski definition) is 4. The maximum Gasteiger partial charge on any atom is 0.243 e. The first-order chi connectivity index (χ1) is 13.0. The van der Waals surface area contributed by atoms with Crippen molar-refractivity contribution in [1.29, 1.82) is 0 Å². The standard InChI is InChI=1S/C19H30ClN5O2.HI/c1-24(2)18(26)15-23-19(22-8-9-25-10-12-27-13-11-25)21-7-6-16-4-3-5-17(20)14-16;/h3-5,14H,6-13,15H2,1-2H3,(H2,21,22,23);1H. The maximum atomic E-state index is 11.8. The van der Waals surface area contributed by atoms with Gasteiger partial charge in [-0.2, -0.15) is 0 Å². The Labute approximate surface area is 189 Å². The molecule has 0 atom stereocenters. The lowest BCUT2D eigenvalue weighted by Crippen LogP contribution is -2.45. The predicted molar refractivity (Wildman–Crippen MR) is 125 cm³/mol. The van der Waals surface area contributed by atoms with E-state index in [9.17, 15) is 4.79 Å².